The van der Waals surface area contributed by atoms with E-state index in [1.807, 2.05) is 30.3 Å². The first-order valence-corrected chi connectivity index (χ1v) is 11.3. The Morgan fingerprint density at radius 1 is 1.11 bits per heavy atom. The fraction of sp³-hybridized carbons (Fsp3) is 0.385. The Morgan fingerprint density at radius 3 is 2.46 bits per heavy atom. The van der Waals surface area contributed by atoms with Crippen LogP contribution in [0.5, 0.6) is 0 Å². The molecule has 1 aliphatic heterocycles. The van der Waals surface area contributed by atoms with E-state index in [0.29, 0.717) is 5.56 Å². The minimum absolute atomic E-state index is 0.0545. The number of hydroxylamine groups is 1. The number of halogens is 1. The molecule has 0 radical (unpaired) electrons. The molecule has 186 valence electrons. The van der Waals surface area contributed by atoms with Crippen LogP contribution < -0.4 is 10.8 Å². The molecular formula is C26H29FN2O6. The Balaban J connectivity index is 1.83. The number of carbonyl (C=O) groups is 4. The van der Waals surface area contributed by atoms with Crippen LogP contribution in [0.15, 0.2) is 54.2 Å². The molecule has 35 heavy (non-hydrogen) atoms. The van der Waals surface area contributed by atoms with Crippen molar-refractivity contribution in [1.82, 2.24) is 10.8 Å². The predicted molar refractivity (Wildman–Crippen MR) is 127 cm³/mol. The number of ketones is 2. The number of hydrogen-bond acceptors (Lipinski definition) is 7. The van der Waals surface area contributed by atoms with Gasteiger partial charge in [0.2, 0.25) is 5.78 Å². The van der Waals surface area contributed by atoms with E-state index in [9.17, 15) is 23.6 Å². The third-order valence-corrected chi connectivity index (χ3v) is 5.53. The second-order valence-electron chi connectivity index (χ2n) is 9.28. The van der Waals surface area contributed by atoms with Crippen LogP contribution in [0.1, 0.15) is 50.9 Å². The van der Waals surface area contributed by atoms with Gasteiger partial charge in [0.15, 0.2) is 11.4 Å². The van der Waals surface area contributed by atoms with E-state index in [0.717, 1.165) is 10.8 Å². The SMILES string of the molecule is CCC1(C(=O)NC(CC(=O)OC(C)(C)C)C(=O)CF)C=C(C(=O)c2cccc3ccccc23)NO1. The molecule has 2 aromatic rings. The number of allylic oxidation sites excluding steroid dienone is 1. The molecule has 1 heterocycles. The Morgan fingerprint density at radius 2 is 1.80 bits per heavy atom. The molecule has 0 saturated heterocycles. The minimum Gasteiger partial charge on any atom is -0.460 e. The Bertz CT molecular complexity index is 1180. The normalized spacial score (nSPS) is 18.4. The molecule has 0 saturated carbocycles. The molecule has 3 rings (SSSR count). The lowest BCUT2D eigenvalue weighted by Crippen LogP contribution is -2.53. The first-order valence-electron chi connectivity index (χ1n) is 11.3. The number of benzene rings is 2. The van der Waals surface area contributed by atoms with E-state index in [-0.39, 0.29) is 17.9 Å². The summed E-state index contributed by atoms with van der Waals surface area (Å²) in [5.41, 5.74) is 0.557. The van der Waals surface area contributed by atoms with Gasteiger partial charge < -0.3 is 10.1 Å². The molecule has 2 aromatic carbocycles. The minimum atomic E-state index is -1.64. The van der Waals surface area contributed by atoms with E-state index in [1.54, 1.807) is 39.8 Å². The van der Waals surface area contributed by atoms with Crippen molar-refractivity contribution < 1.29 is 33.1 Å². The van der Waals surface area contributed by atoms with Crippen molar-refractivity contribution in [2.24, 2.45) is 0 Å². The van der Waals surface area contributed by atoms with Crippen molar-refractivity contribution in [3.63, 3.8) is 0 Å². The van der Waals surface area contributed by atoms with Gasteiger partial charge in [0.25, 0.3) is 5.91 Å². The zero-order valence-corrected chi connectivity index (χ0v) is 20.1. The van der Waals surface area contributed by atoms with Crippen molar-refractivity contribution in [3.8, 4) is 0 Å². The van der Waals surface area contributed by atoms with Gasteiger partial charge in [-0.3, -0.25) is 29.5 Å². The second kappa shape index (κ2) is 10.4. The van der Waals surface area contributed by atoms with Crippen LogP contribution in [0.25, 0.3) is 10.8 Å². The Hall–Kier alpha value is -3.59. The number of fused-ring (bicyclic) bond motifs is 1. The summed E-state index contributed by atoms with van der Waals surface area (Å²) >= 11 is 0. The van der Waals surface area contributed by atoms with Crippen LogP contribution in [-0.2, 0) is 24.0 Å². The predicted octanol–water partition coefficient (Wildman–Crippen LogP) is 3.35. The topological polar surface area (TPSA) is 111 Å². The molecule has 9 heteroatoms. The van der Waals surface area contributed by atoms with Crippen molar-refractivity contribution in [2.75, 3.05) is 6.67 Å². The highest BCUT2D eigenvalue weighted by Gasteiger charge is 2.44. The standard InChI is InChI=1S/C26H29FN2O6/c1-5-26(24(33)28-19(21(30)15-27)13-22(31)34-25(2,3)4)14-20(29-35-26)23(32)18-12-8-10-16-9-6-7-11-17(16)18/h6-12,14,19,29H,5,13,15H2,1-4H3,(H,28,33). The van der Waals surface area contributed by atoms with Gasteiger partial charge in [-0.2, -0.15) is 0 Å². The van der Waals surface area contributed by atoms with E-state index in [2.05, 4.69) is 10.8 Å². The number of amides is 1. The van der Waals surface area contributed by atoms with Gasteiger partial charge in [-0.15, -0.1) is 0 Å². The van der Waals surface area contributed by atoms with Crippen LogP contribution in [0.4, 0.5) is 4.39 Å². The van der Waals surface area contributed by atoms with Crippen LogP contribution in [0.2, 0.25) is 0 Å². The Kier molecular flexibility index (Phi) is 7.70. The molecule has 0 aromatic heterocycles. The summed E-state index contributed by atoms with van der Waals surface area (Å²) in [5, 5.41) is 4.02. The third-order valence-electron chi connectivity index (χ3n) is 5.53. The van der Waals surface area contributed by atoms with E-state index >= 15 is 0 Å². The molecule has 1 aliphatic rings. The first-order chi connectivity index (χ1) is 16.5. The van der Waals surface area contributed by atoms with Gasteiger partial charge in [-0.25, -0.2) is 4.39 Å². The van der Waals surface area contributed by atoms with E-state index in [4.69, 9.17) is 9.57 Å². The monoisotopic (exact) mass is 484 g/mol. The third kappa shape index (κ3) is 5.92. The smallest absolute Gasteiger partial charge is 0.308 e. The highest BCUT2D eigenvalue weighted by atomic mass is 19.1. The number of Topliss-reactive ketones (excluding diaryl/α,β-unsaturated/α-hetero) is 2. The van der Waals surface area contributed by atoms with Gasteiger partial charge in [0.1, 0.15) is 24.0 Å². The second-order valence-corrected chi connectivity index (χ2v) is 9.28. The van der Waals surface area contributed by atoms with E-state index in [1.165, 1.54) is 6.08 Å². The lowest BCUT2D eigenvalue weighted by molar-refractivity contribution is -0.157. The van der Waals surface area contributed by atoms with Crippen molar-refractivity contribution in [3.05, 3.63) is 59.8 Å². The lowest BCUT2D eigenvalue weighted by Gasteiger charge is -2.26. The zero-order chi connectivity index (χ0) is 25.8. The molecule has 0 spiro atoms. The summed E-state index contributed by atoms with van der Waals surface area (Å²) < 4.78 is 18.3. The average molecular weight is 485 g/mol. The largest absolute Gasteiger partial charge is 0.460 e. The molecule has 8 nitrogen and oxygen atoms in total. The van der Waals surface area contributed by atoms with Crippen molar-refractivity contribution >= 4 is 34.2 Å². The summed E-state index contributed by atoms with van der Waals surface area (Å²) in [5.74, 6) is -2.90. The average Bonchev–Trinajstić information content (AvgIpc) is 3.27. The maximum atomic E-state index is 13.2. The molecular weight excluding hydrogens is 455 g/mol. The maximum Gasteiger partial charge on any atom is 0.308 e. The Labute approximate surface area is 202 Å². The number of esters is 1. The highest BCUT2D eigenvalue weighted by Crippen LogP contribution is 2.28. The number of carbonyl (C=O) groups excluding carboxylic acids is 4. The van der Waals surface area contributed by atoms with Gasteiger partial charge >= 0.3 is 5.97 Å². The number of nitrogens with one attached hydrogen (secondary N) is 2. The number of alkyl halides is 1. The molecule has 0 fully saturated rings. The number of ether oxygens (including phenoxy) is 1. The van der Waals surface area contributed by atoms with Crippen molar-refractivity contribution in [2.45, 2.75) is 57.8 Å². The summed E-state index contributed by atoms with van der Waals surface area (Å²) in [7, 11) is 0. The zero-order valence-electron chi connectivity index (χ0n) is 20.1. The molecule has 0 bridgehead atoms. The fourth-order valence-electron chi connectivity index (χ4n) is 3.73. The van der Waals surface area contributed by atoms with Crippen molar-refractivity contribution in [1.29, 1.82) is 0 Å². The summed E-state index contributed by atoms with van der Waals surface area (Å²) in [4.78, 5) is 56.2. The van der Waals surface area contributed by atoms with Crippen LogP contribution in [-0.4, -0.2) is 47.4 Å². The van der Waals surface area contributed by atoms with Crippen LogP contribution >= 0.6 is 0 Å². The lowest BCUT2D eigenvalue weighted by atomic mass is 9.94. The summed E-state index contributed by atoms with van der Waals surface area (Å²) in [6.45, 7) is 5.24. The maximum absolute atomic E-state index is 13.2. The van der Waals surface area contributed by atoms with Crippen LogP contribution in [0, 0.1) is 0 Å². The van der Waals surface area contributed by atoms with Gasteiger partial charge in [-0.05, 0) is 44.0 Å². The van der Waals surface area contributed by atoms with Gasteiger partial charge in [0, 0.05) is 5.56 Å². The van der Waals surface area contributed by atoms with E-state index < -0.39 is 48.0 Å². The molecule has 0 aliphatic carbocycles. The highest BCUT2D eigenvalue weighted by molar-refractivity contribution is 6.16. The number of hydrogen-bond donors (Lipinski definition) is 2. The molecule has 2 N–H and O–H groups in total. The summed E-state index contributed by atoms with van der Waals surface area (Å²) in [6.07, 6.45) is 0.905. The summed E-state index contributed by atoms with van der Waals surface area (Å²) in [6, 6.07) is 11.3. The van der Waals surface area contributed by atoms with Crippen LogP contribution in [0.3, 0.4) is 0 Å². The molecule has 2 atom stereocenters. The first kappa shape index (κ1) is 26.0. The number of rotatable bonds is 9. The molecule has 2 unspecified atom stereocenters. The van der Waals surface area contributed by atoms with Gasteiger partial charge in [0.05, 0.1) is 6.42 Å². The van der Waals surface area contributed by atoms with Gasteiger partial charge in [-0.1, -0.05) is 49.4 Å². The fourth-order valence-corrected chi connectivity index (χ4v) is 3.73. The quantitative estimate of drug-likeness (QED) is 0.415. The molecule has 1 amide bonds.